The summed E-state index contributed by atoms with van der Waals surface area (Å²) >= 11 is 0. The minimum atomic E-state index is -4.55. The Morgan fingerprint density at radius 2 is 1.68 bits per heavy atom. The van der Waals surface area contributed by atoms with Crippen molar-refractivity contribution in [1.29, 1.82) is 0 Å². The lowest BCUT2D eigenvalue weighted by Gasteiger charge is -2.35. The average molecular weight is 530 g/mol. The van der Waals surface area contributed by atoms with Gasteiger partial charge in [-0.15, -0.1) is 0 Å². The molecule has 0 spiro atoms. The van der Waals surface area contributed by atoms with Crippen LogP contribution in [0.4, 0.5) is 29.3 Å². The molecule has 1 atom stereocenters. The minimum Gasteiger partial charge on any atom is -0.326 e. The van der Waals surface area contributed by atoms with E-state index in [-0.39, 0.29) is 17.0 Å². The fourth-order valence-electron chi connectivity index (χ4n) is 6.18. The van der Waals surface area contributed by atoms with E-state index in [1.807, 2.05) is 12.1 Å². The fourth-order valence-corrected chi connectivity index (χ4v) is 6.18. The number of urea groups is 1. The summed E-state index contributed by atoms with van der Waals surface area (Å²) in [5.41, 5.74) is 1.41. The van der Waals surface area contributed by atoms with Crippen LogP contribution in [-0.2, 0) is 16.4 Å². The number of carbonyl (C=O) groups is 2. The lowest BCUT2D eigenvalue weighted by atomic mass is 9.78. The molecule has 204 valence electrons. The van der Waals surface area contributed by atoms with Crippen LogP contribution in [0.2, 0.25) is 0 Å². The van der Waals surface area contributed by atoms with E-state index in [9.17, 15) is 22.8 Å². The highest BCUT2D eigenvalue weighted by molar-refractivity contribution is 6.01. The molecule has 0 radical (unpaired) electrons. The number of hydrogen-bond acceptors (Lipinski definition) is 4. The van der Waals surface area contributed by atoms with Crippen LogP contribution >= 0.6 is 0 Å². The highest BCUT2D eigenvalue weighted by atomic mass is 19.4. The number of pyridine rings is 1. The Balaban J connectivity index is 1.21. The lowest BCUT2D eigenvalue weighted by Crippen LogP contribution is -2.53. The van der Waals surface area contributed by atoms with E-state index in [1.54, 1.807) is 4.90 Å². The zero-order chi connectivity index (χ0) is 26.8. The zero-order valence-electron chi connectivity index (χ0n) is 21.4. The van der Waals surface area contributed by atoms with E-state index in [0.717, 1.165) is 37.0 Å². The van der Waals surface area contributed by atoms with Gasteiger partial charge in [0.15, 0.2) is 0 Å². The summed E-state index contributed by atoms with van der Waals surface area (Å²) < 4.78 is 38.1. The summed E-state index contributed by atoms with van der Waals surface area (Å²) in [5.74, 6) is -0.197. The summed E-state index contributed by atoms with van der Waals surface area (Å²) in [5, 5.41) is 5.13. The summed E-state index contributed by atoms with van der Waals surface area (Å²) in [7, 11) is 0. The van der Waals surface area contributed by atoms with Gasteiger partial charge in [0.25, 0.3) is 0 Å². The molecule has 2 aromatic rings. The number of alkyl halides is 3. The predicted molar refractivity (Wildman–Crippen MR) is 139 cm³/mol. The van der Waals surface area contributed by atoms with Crippen LogP contribution in [-0.4, -0.2) is 54.0 Å². The third-order valence-corrected chi connectivity index (χ3v) is 8.13. The number of piperidine rings is 1. The monoisotopic (exact) mass is 529 g/mol. The Labute approximate surface area is 220 Å². The first-order valence-electron chi connectivity index (χ1n) is 13.5. The molecule has 1 saturated carbocycles. The Bertz CT molecular complexity index is 1120. The van der Waals surface area contributed by atoms with Crippen molar-refractivity contribution in [2.24, 2.45) is 0 Å². The topological polar surface area (TPSA) is 77.6 Å². The van der Waals surface area contributed by atoms with Crippen molar-refractivity contribution in [3.8, 4) is 0 Å². The van der Waals surface area contributed by atoms with Crippen molar-refractivity contribution in [1.82, 2.24) is 15.2 Å². The number of benzene rings is 1. The lowest BCUT2D eigenvalue weighted by molar-refractivity contribution is -0.141. The van der Waals surface area contributed by atoms with E-state index >= 15 is 0 Å². The number of likely N-dealkylation sites (tertiary alicyclic amines) is 1. The number of halogens is 3. The van der Waals surface area contributed by atoms with Crippen LogP contribution in [0, 0.1) is 0 Å². The number of aromatic nitrogens is 1. The number of hydrogen-bond donors (Lipinski definition) is 2. The second-order valence-corrected chi connectivity index (χ2v) is 10.7. The van der Waals surface area contributed by atoms with Crippen LogP contribution in [0.15, 0.2) is 42.6 Å². The number of carbonyl (C=O) groups excluding carboxylic acids is 2. The number of nitrogens with one attached hydrogen (secondary N) is 2. The third kappa shape index (κ3) is 5.80. The summed E-state index contributed by atoms with van der Waals surface area (Å²) in [6, 6.07) is 8.94. The van der Waals surface area contributed by atoms with E-state index in [0.29, 0.717) is 13.0 Å². The third-order valence-electron chi connectivity index (χ3n) is 8.13. The molecule has 7 nitrogen and oxygen atoms in total. The summed E-state index contributed by atoms with van der Waals surface area (Å²) in [6.45, 7) is 4.03. The molecule has 1 aliphatic carbocycles. The van der Waals surface area contributed by atoms with Gasteiger partial charge in [0.05, 0.1) is 11.9 Å². The maximum Gasteiger partial charge on any atom is 0.433 e. The molecule has 0 bridgehead atoms. The first-order chi connectivity index (χ1) is 18.2. The quantitative estimate of drug-likeness (QED) is 0.531. The molecule has 3 amide bonds. The van der Waals surface area contributed by atoms with Crippen molar-refractivity contribution in [3.05, 3.63) is 53.9 Å². The number of anilines is 2. The number of rotatable bonds is 6. The smallest absolute Gasteiger partial charge is 0.326 e. The van der Waals surface area contributed by atoms with Gasteiger partial charge < -0.3 is 20.4 Å². The molecule has 2 aliphatic heterocycles. The molecule has 3 heterocycles. The normalized spacial score (nSPS) is 22.0. The van der Waals surface area contributed by atoms with Gasteiger partial charge in [-0.2, -0.15) is 13.2 Å². The van der Waals surface area contributed by atoms with Crippen LogP contribution in [0.25, 0.3) is 0 Å². The van der Waals surface area contributed by atoms with E-state index in [4.69, 9.17) is 0 Å². The summed E-state index contributed by atoms with van der Waals surface area (Å²) in [4.78, 5) is 33.4. The van der Waals surface area contributed by atoms with E-state index in [1.165, 1.54) is 57.2 Å². The van der Waals surface area contributed by atoms with Gasteiger partial charge in [-0.1, -0.05) is 25.0 Å². The van der Waals surface area contributed by atoms with Crippen molar-refractivity contribution >= 4 is 23.3 Å². The molecule has 2 N–H and O–H groups in total. The maximum absolute atomic E-state index is 13.2. The largest absolute Gasteiger partial charge is 0.433 e. The molecule has 3 fully saturated rings. The Morgan fingerprint density at radius 1 is 0.974 bits per heavy atom. The molecular formula is C28H34F3N5O2. The molecule has 38 heavy (non-hydrogen) atoms. The van der Waals surface area contributed by atoms with Gasteiger partial charge in [-0.05, 0) is 81.4 Å². The van der Waals surface area contributed by atoms with Gasteiger partial charge >= 0.3 is 12.2 Å². The van der Waals surface area contributed by atoms with Crippen LogP contribution in [0.3, 0.4) is 0 Å². The summed E-state index contributed by atoms with van der Waals surface area (Å²) in [6.07, 6.45) is 5.05. The first kappa shape index (κ1) is 26.5. The predicted octanol–water partition coefficient (Wildman–Crippen LogP) is 5.33. The van der Waals surface area contributed by atoms with E-state index in [2.05, 4.69) is 32.7 Å². The van der Waals surface area contributed by atoms with Crippen molar-refractivity contribution in [2.45, 2.75) is 69.0 Å². The number of nitrogens with zero attached hydrogens (tertiary/aromatic N) is 3. The molecule has 1 aromatic heterocycles. The number of amides is 3. The standard InChI is InChI=1S/C28H34F3N5O2/c29-28(30,31)24-12-9-21(18-32-24)33-26(38)34-23-6-5-17-36(25(23)37)22-10-7-20(8-11-22)27(13-1-2-14-27)19-35-15-3-4-16-35/h7-12,18,23H,1-6,13-17,19H2,(H2,33,34,38)/t23-/m0/s1. The van der Waals surface area contributed by atoms with Gasteiger partial charge in [0, 0.05) is 24.2 Å². The maximum atomic E-state index is 13.2. The van der Waals surface area contributed by atoms with Crippen LogP contribution in [0.1, 0.15) is 62.6 Å². The molecule has 10 heteroatoms. The van der Waals surface area contributed by atoms with Crippen molar-refractivity contribution in [3.63, 3.8) is 0 Å². The van der Waals surface area contributed by atoms with Crippen LogP contribution < -0.4 is 15.5 Å². The highest BCUT2D eigenvalue weighted by Gasteiger charge is 2.38. The molecule has 0 unspecified atom stereocenters. The Hall–Kier alpha value is -3.14. The Morgan fingerprint density at radius 3 is 2.32 bits per heavy atom. The minimum absolute atomic E-state index is 0.112. The van der Waals surface area contributed by atoms with Gasteiger partial charge in [0.2, 0.25) is 5.91 Å². The van der Waals surface area contributed by atoms with E-state index < -0.39 is 23.9 Å². The van der Waals surface area contributed by atoms with Gasteiger partial charge in [0.1, 0.15) is 11.7 Å². The average Bonchev–Trinajstić information content (AvgIpc) is 3.59. The second kappa shape index (κ2) is 10.9. The van der Waals surface area contributed by atoms with Crippen LogP contribution in [0.5, 0.6) is 0 Å². The second-order valence-electron chi connectivity index (χ2n) is 10.7. The van der Waals surface area contributed by atoms with Gasteiger partial charge in [-0.25, -0.2) is 9.78 Å². The Kier molecular flexibility index (Phi) is 7.61. The molecular weight excluding hydrogens is 495 g/mol. The molecule has 3 aliphatic rings. The molecule has 2 saturated heterocycles. The highest BCUT2D eigenvalue weighted by Crippen LogP contribution is 2.43. The zero-order valence-corrected chi connectivity index (χ0v) is 21.4. The SMILES string of the molecule is O=C(Nc1ccc(C(F)(F)F)nc1)N[C@H]1CCCN(c2ccc(C3(CN4CCCC4)CCCC3)cc2)C1=O. The van der Waals surface area contributed by atoms with Crippen molar-refractivity contribution < 1.29 is 22.8 Å². The first-order valence-corrected chi connectivity index (χ1v) is 13.5. The molecule has 1 aromatic carbocycles. The van der Waals surface area contributed by atoms with Crippen molar-refractivity contribution in [2.75, 3.05) is 36.4 Å². The van der Waals surface area contributed by atoms with Gasteiger partial charge in [-0.3, -0.25) is 4.79 Å². The fraction of sp³-hybridized carbons (Fsp3) is 0.536. The molecule has 5 rings (SSSR count).